The van der Waals surface area contributed by atoms with E-state index in [1.807, 2.05) is 97.1 Å². The number of hydrogen-bond acceptors (Lipinski definition) is 6. The van der Waals surface area contributed by atoms with E-state index in [1.54, 1.807) is 11.8 Å². The number of ether oxygens (including phenoxy) is 5. The normalized spacial score (nSPS) is 20.8. The molecule has 0 saturated carbocycles. The van der Waals surface area contributed by atoms with Crippen LogP contribution in [0.15, 0.2) is 146 Å². The summed E-state index contributed by atoms with van der Waals surface area (Å²) in [6.07, 6.45) is -1.74. The summed E-state index contributed by atoms with van der Waals surface area (Å²) < 4.78 is 33.6. The third-order valence-electron chi connectivity index (χ3n) is 8.17. The molecule has 0 amide bonds. The minimum absolute atomic E-state index is 0.336. The Balaban J connectivity index is 1.29. The zero-order chi connectivity index (χ0) is 32.8. The molecule has 6 rings (SSSR count). The van der Waals surface area contributed by atoms with E-state index in [-0.39, 0.29) is 5.44 Å². The van der Waals surface area contributed by atoms with Gasteiger partial charge in [0.2, 0.25) is 0 Å². The van der Waals surface area contributed by atoms with Gasteiger partial charge in [0.15, 0.2) is 0 Å². The van der Waals surface area contributed by atoms with Gasteiger partial charge in [-0.2, -0.15) is 0 Å². The number of benzene rings is 5. The lowest BCUT2D eigenvalue weighted by atomic mass is 9.98. The van der Waals surface area contributed by atoms with Crippen LogP contribution < -0.4 is 0 Å². The predicted octanol–water partition coefficient (Wildman–Crippen LogP) is 9.27. The van der Waals surface area contributed by atoms with Gasteiger partial charge in [0.1, 0.15) is 29.9 Å². The van der Waals surface area contributed by atoms with E-state index in [4.69, 9.17) is 35.3 Å². The molecule has 1 aliphatic heterocycles. The van der Waals surface area contributed by atoms with Gasteiger partial charge < -0.3 is 23.7 Å². The van der Waals surface area contributed by atoms with Crippen molar-refractivity contribution in [1.29, 1.82) is 0 Å². The summed E-state index contributed by atoms with van der Waals surface area (Å²) in [4.78, 5) is 0. The molecule has 1 heterocycles. The van der Waals surface area contributed by atoms with Crippen LogP contribution in [0.4, 0.5) is 0 Å². The summed E-state index contributed by atoms with van der Waals surface area (Å²) in [5.41, 5.74) is 5.13. The molecule has 5 aromatic rings. The lowest BCUT2D eigenvalue weighted by molar-refractivity contribution is -0.254. The van der Waals surface area contributed by atoms with E-state index < -0.39 is 24.4 Å². The van der Waals surface area contributed by atoms with E-state index >= 15 is 0 Å². The molecule has 5 aromatic carbocycles. The van der Waals surface area contributed by atoms with E-state index in [0.717, 1.165) is 27.8 Å². The van der Waals surface area contributed by atoms with Crippen molar-refractivity contribution in [1.82, 2.24) is 0 Å². The first-order valence-electron chi connectivity index (χ1n) is 16.3. The fraction of sp³-hybridized carbons (Fsp3) is 0.268. The van der Waals surface area contributed by atoms with E-state index in [0.29, 0.717) is 43.8 Å². The molecule has 0 unspecified atom stereocenters. The minimum Gasteiger partial charge on any atom is -0.374 e. The summed E-state index contributed by atoms with van der Waals surface area (Å²) in [7, 11) is 0. The summed E-state index contributed by atoms with van der Waals surface area (Å²) in [6, 6.07) is 48.7. The molecule has 248 valence electrons. The molecule has 48 heavy (non-hydrogen) atoms. The SMILES string of the molecule is Clc1ccc(CS[C@@H]2O[C@H](COCc3ccccc3)[C@@H](OCc3ccccc3)[C@H](OCc3ccccc3)[C@H]2OCc2ccccc2)cc1. The quantitative estimate of drug-likeness (QED) is 0.104. The highest BCUT2D eigenvalue weighted by molar-refractivity contribution is 7.99. The highest BCUT2D eigenvalue weighted by Crippen LogP contribution is 2.37. The second kappa shape index (κ2) is 18.3. The first-order chi connectivity index (χ1) is 23.7. The zero-order valence-electron chi connectivity index (χ0n) is 26.8. The van der Waals surface area contributed by atoms with Crippen molar-refractivity contribution in [3.05, 3.63) is 178 Å². The van der Waals surface area contributed by atoms with E-state index in [2.05, 4.69) is 48.5 Å². The Labute approximate surface area is 293 Å². The second-order valence-corrected chi connectivity index (χ2v) is 13.3. The summed E-state index contributed by atoms with van der Waals surface area (Å²) in [5, 5.41) is 0.713. The number of thioether (sulfide) groups is 1. The van der Waals surface area contributed by atoms with Gasteiger partial charge in [0.25, 0.3) is 0 Å². The fourth-order valence-corrected chi connectivity index (χ4v) is 6.96. The van der Waals surface area contributed by atoms with Crippen LogP contribution in [-0.2, 0) is 55.9 Å². The lowest BCUT2D eigenvalue weighted by Crippen LogP contribution is -2.60. The average Bonchev–Trinajstić information content (AvgIpc) is 3.14. The van der Waals surface area contributed by atoms with E-state index in [1.165, 1.54) is 0 Å². The Kier molecular flexibility index (Phi) is 13.1. The van der Waals surface area contributed by atoms with Crippen molar-refractivity contribution >= 4 is 23.4 Å². The standard InChI is InChI=1S/C41H41ClO5S/c42-36-23-21-35(22-24-36)30-48-41-40(46-28-34-19-11-4-12-20-34)39(45-27-33-17-9-3-10-18-33)38(44-26-32-15-7-2-8-16-32)37(47-41)29-43-25-31-13-5-1-6-14-31/h1-24,37-41H,25-30H2/t37-,38-,39+,40-,41+/m1/s1. The first-order valence-corrected chi connectivity index (χ1v) is 17.7. The van der Waals surface area contributed by atoms with Gasteiger partial charge in [-0.05, 0) is 39.9 Å². The molecular weight excluding hydrogens is 640 g/mol. The Morgan fingerprint density at radius 2 is 0.917 bits per heavy atom. The van der Waals surface area contributed by atoms with Crippen molar-refractivity contribution in [3.8, 4) is 0 Å². The monoisotopic (exact) mass is 680 g/mol. The Hall–Kier alpha value is -3.46. The van der Waals surface area contributed by atoms with E-state index in [9.17, 15) is 0 Å². The molecule has 0 aromatic heterocycles. The number of halogens is 1. The lowest BCUT2D eigenvalue weighted by Gasteiger charge is -2.46. The molecule has 0 aliphatic carbocycles. The van der Waals surface area contributed by atoms with Gasteiger partial charge in [-0.3, -0.25) is 0 Å². The first kappa shape index (κ1) is 34.4. The molecule has 5 nitrogen and oxygen atoms in total. The zero-order valence-corrected chi connectivity index (χ0v) is 28.4. The van der Waals surface area contributed by atoms with Crippen molar-refractivity contribution in [2.45, 2.75) is 62.0 Å². The topological polar surface area (TPSA) is 46.2 Å². The largest absolute Gasteiger partial charge is 0.374 e. The maximum Gasteiger partial charge on any atom is 0.133 e. The maximum atomic E-state index is 6.94. The smallest absolute Gasteiger partial charge is 0.133 e. The molecule has 0 spiro atoms. The maximum absolute atomic E-state index is 6.94. The summed E-state index contributed by atoms with van der Waals surface area (Å²) in [6.45, 7) is 2.04. The highest BCUT2D eigenvalue weighted by Gasteiger charge is 2.48. The highest BCUT2D eigenvalue weighted by atomic mass is 35.5. The van der Waals surface area contributed by atoms with Crippen LogP contribution in [0.25, 0.3) is 0 Å². The minimum atomic E-state index is -0.460. The molecule has 1 aliphatic rings. The number of rotatable bonds is 16. The Bertz CT molecular complexity index is 1610. The van der Waals surface area contributed by atoms with Crippen LogP contribution in [-0.4, -0.2) is 36.5 Å². The van der Waals surface area contributed by atoms with Crippen molar-refractivity contribution in [3.63, 3.8) is 0 Å². The predicted molar refractivity (Wildman–Crippen MR) is 193 cm³/mol. The van der Waals surface area contributed by atoms with Gasteiger partial charge in [-0.25, -0.2) is 0 Å². The van der Waals surface area contributed by atoms with Crippen LogP contribution in [0, 0.1) is 0 Å². The van der Waals surface area contributed by atoms with Crippen LogP contribution in [0.5, 0.6) is 0 Å². The van der Waals surface area contributed by atoms with Gasteiger partial charge in [-0.1, -0.05) is 145 Å². The summed E-state index contributed by atoms with van der Waals surface area (Å²) in [5.74, 6) is 0.714. The molecule has 0 bridgehead atoms. The Morgan fingerprint density at radius 1 is 0.479 bits per heavy atom. The second-order valence-electron chi connectivity index (χ2n) is 11.8. The van der Waals surface area contributed by atoms with Crippen LogP contribution in [0.3, 0.4) is 0 Å². The molecular formula is C41H41ClO5S. The molecule has 0 N–H and O–H groups in total. The van der Waals surface area contributed by atoms with Crippen molar-refractivity contribution in [2.24, 2.45) is 0 Å². The Morgan fingerprint density at radius 3 is 1.42 bits per heavy atom. The molecule has 1 fully saturated rings. The van der Waals surface area contributed by atoms with Gasteiger partial charge in [-0.15, -0.1) is 11.8 Å². The summed E-state index contributed by atoms with van der Waals surface area (Å²) >= 11 is 7.89. The number of hydrogen-bond donors (Lipinski definition) is 0. The van der Waals surface area contributed by atoms with Crippen LogP contribution in [0.2, 0.25) is 5.02 Å². The van der Waals surface area contributed by atoms with Gasteiger partial charge >= 0.3 is 0 Å². The third-order valence-corrected chi connectivity index (χ3v) is 9.63. The molecule has 7 heteroatoms. The van der Waals surface area contributed by atoms with Crippen LogP contribution >= 0.6 is 23.4 Å². The van der Waals surface area contributed by atoms with Crippen molar-refractivity contribution < 1.29 is 23.7 Å². The average molecular weight is 681 g/mol. The van der Waals surface area contributed by atoms with Crippen LogP contribution in [0.1, 0.15) is 27.8 Å². The van der Waals surface area contributed by atoms with Crippen molar-refractivity contribution in [2.75, 3.05) is 6.61 Å². The van der Waals surface area contributed by atoms with Gasteiger partial charge in [0, 0.05) is 10.8 Å². The third kappa shape index (κ3) is 10.3. The molecule has 5 atom stereocenters. The molecule has 1 saturated heterocycles. The molecule has 0 radical (unpaired) electrons. The fourth-order valence-electron chi connectivity index (χ4n) is 5.64. The van der Waals surface area contributed by atoms with Gasteiger partial charge in [0.05, 0.1) is 33.0 Å².